The average molecular weight is 930 g/mol. The molecule has 13 heteroatoms. The number of carbonyl (C=O) groups is 2. The maximum Gasteiger partial charge on any atom is 0.360 e. The van der Waals surface area contributed by atoms with Crippen molar-refractivity contribution in [1.82, 2.24) is 9.55 Å². The Bertz CT molecular complexity index is 3310. The van der Waals surface area contributed by atoms with Crippen molar-refractivity contribution < 1.29 is 28.2 Å². The number of nitrogens with zero attached hydrogens (tertiary/aromatic N) is 5. The van der Waals surface area contributed by atoms with Gasteiger partial charge in [-0.05, 0) is 130 Å². The first-order valence-corrected chi connectivity index (χ1v) is 22.2. The Hall–Kier alpha value is -8.19. The van der Waals surface area contributed by atoms with E-state index >= 15 is 0 Å². The fourth-order valence-corrected chi connectivity index (χ4v) is 7.97. The maximum absolute atomic E-state index is 13.1. The van der Waals surface area contributed by atoms with Gasteiger partial charge in [0.05, 0.1) is 38.2 Å². The molecule has 0 radical (unpaired) electrons. The second-order valence-corrected chi connectivity index (χ2v) is 16.7. The van der Waals surface area contributed by atoms with E-state index in [9.17, 15) is 19.2 Å². The molecule has 0 aliphatic carbocycles. The van der Waals surface area contributed by atoms with Gasteiger partial charge in [-0.25, -0.2) is 9.78 Å². The highest BCUT2D eigenvalue weighted by molar-refractivity contribution is 6.01. The average Bonchev–Trinajstić information content (AvgIpc) is 3.34. The smallest absolute Gasteiger partial charge is 0.360 e. The van der Waals surface area contributed by atoms with Gasteiger partial charge < -0.3 is 28.1 Å². The molecule has 13 nitrogen and oxygen atoms in total. The molecule has 8 rings (SSSR count). The van der Waals surface area contributed by atoms with Gasteiger partial charge in [0, 0.05) is 75.0 Å². The lowest BCUT2D eigenvalue weighted by Gasteiger charge is -2.24. The van der Waals surface area contributed by atoms with Crippen molar-refractivity contribution in [2.45, 2.75) is 55.4 Å². The minimum atomic E-state index is -0.564. The highest BCUT2D eigenvalue weighted by Gasteiger charge is 2.23. The molecule has 0 N–H and O–H groups in total. The van der Waals surface area contributed by atoms with E-state index in [1.807, 2.05) is 113 Å². The van der Waals surface area contributed by atoms with Gasteiger partial charge in [-0.15, -0.1) is 0 Å². The summed E-state index contributed by atoms with van der Waals surface area (Å²) in [6.07, 6.45) is 3.50. The molecule has 0 saturated heterocycles. The zero-order valence-corrected chi connectivity index (χ0v) is 41.5. The Balaban J connectivity index is 0.000000173. The second-order valence-electron chi connectivity index (χ2n) is 16.7. The van der Waals surface area contributed by atoms with E-state index in [1.165, 1.54) is 34.8 Å². The molecule has 0 fully saturated rings. The number of para-hydroxylation sites is 2. The Morgan fingerprint density at radius 1 is 0.594 bits per heavy atom. The third kappa shape index (κ3) is 10.8. The molecule has 2 amide bonds. The van der Waals surface area contributed by atoms with Gasteiger partial charge in [0.2, 0.25) is 17.2 Å². The summed E-state index contributed by atoms with van der Waals surface area (Å²) in [5, 5.41) is 1.33. The molecule has 0 spiro atoms. The molecule has 0 aliphatic rings. The molecule has 3 aromatic heterocycles. The monoisotopic (exact) mass is 929 g/mol. The second kappa shape index (κ2) is 21.6. The molecule has 0 aliphatic heterocycles. The van der Waals surface area contributed by atoms with Crippen molar-refractivity contribution in [1.29, 1.82) is 0 Å². The molecule has 3 heterocycles. The Morgan fingerprint density at radius 3 is 1.59 bits per heavy atom. The molecule has 0 atom stereocenters. The van der Waals surface area contributed by atoms with Crippen LogP contribution >= 0.6 is 0 Å². The maximum atomic E-state index is 13.1. The van der Waals surface area contributed by atoms with Crippen molar-refractivity contribution in [3.8, 4) is 17.2 Å². The summed E-state index contributed by atoms with van der Waals surface area (Å²) in [4.78, 5) is 59.5. The van der Waals surface area contributed by atoms with Crippen LogP contribution in [0.5, 0.6) is 17.2 Å². The van der Waals surface area contributed by atoms with E-state index in [0.29, 0.717) is 39.5 Å². The van der Waals surface area contributed by atoms with E-state index < -0.39 is 5.63 Å². The Labute approximate surface area is 402 Å². The van der Waals surface area contributed by atoms with Crippen LogP contribution in [0.25, 0.3) is 21.9 Å². The first-order valence-electron chi connectivity index (χ1n) is 22.2. The fourth-order valence-electron chi connectivity index (χ4n) is 7.97. The number of methoxy groups -OCH3 is 3. The minimum absolute atomic E-state index is 0.175. The standard InChI is InChI=1S/C21H22N2O3.C20H19NO4.C15H18N2O/c1-13-10-16(11-20(26-5)14(13)2)23(15(3)24)19-12-22(4)18-9-7-6-8-17(18)21(19)25;1-12-9-16(11-19(24-4)13(12)2)21(14(3)22)17-10-15-7-5-6-8-18(15)25-20(17)23;1-11-9-13(10-14(18-4)12(11)2)17(3)15-7-5-6-8-16-15/h6-12H,1-5H3;5-11H,1-4H3;5-10H,1-4H3. The Morgan fingerprint density at radius 2 is 1.07 bits per heavy atom. The summed E-state index contributed by atoms with van der Waals surface area (Å²) in [5.74, 6) is 2.65. The zero-order valence-electron chi connectivity index (χ0n) is 41.5. The third-order valence-corrected chi connectivity index (χ3v) is 12.2. The molecule has 0 saturated carbocycles. The van der Waals surface area contributed by atoms with Crippen LogP contribution in [-0.2, 0) is 16.6 Å². The van der Waals surface area contributed by atoms with Gasteiger partial charge in [0.15, 0.2) is 0 Å². The summed E-state index contributed by atoms with van der Waals surface area (Å²) in [7, 11) is 8.75. The van der Waals surface area contributed by atoms with Crippen LogP contribution in [0.1, 0.15) is 47.2 Å². The number of carbonyl (C=O) groups excluding carboxylic acids is 2. The van der Waals surface area contributed by atoms with Crippen molar-refractivity contribution in [3.63, 3.8) is 0 Å². The first-order chi connectivity index (χ1) is 32.9. The number of pyridine rings is 2. The van der Waals surface area contributed by atoms with E-state index in [-0.39, 0.29) is 22.9 Å². The summed E-state index contributed by atoms with van der Waals surface area (Å²) in [6, 6.07) is 33.6. The van der Waals surface area contributed by atoms with Gasteiger partial charge >= 0.3 is 5.63 Å². The quantitative estimate of drug-likeness (QED) is 0.129. The van der Waals surface area contributed by atoms with Crippen LogP contribution in [0.3, 0.4) is 0 Å². The lowest BCUT2D eigenvalue weighted by atomic mass is 10.1. The van der Waals surface area contributed by atoms with Gasteiger partial charge in [0.1, 0.15) is 40.0 Å². The molecule has 69 heavy (non-hydrogen) atoms. The third-order valence-electron chi connectivity index (χ3n) is 12.2. The predicted octanol–water partition coefficient (Wildman–Crippen LogP) is 11.4. The SMILES string of the molecule is COc1cc(N(C(C)=O)c2cc3ccccc3oc2=O)cc(C)c1C.COc1cc(N(C(C)=O)c2cn(C)c3ccccc3c2=O)cc(C)c1C.COc1cc(N(C)c2ccccn2)cc(C)c1C. The normalized spacial score (nSPS) is 10.6. The van der Waals surface area contributed by atoms with E-state index in [2.05, 4.69) is 29.8 Å². The van der Waals surface area contributed by atoms with E-state index in [0.717, 1.165) is 50.4 Å². The zero-order chi connectivity index (χ0) is 50.3. The van der Waals surface area contributed by atoms with Gasteiger partial charge in [0.25, 0.3) is 0 Å². The van der Waals surface area contributed by atoms with Crippen LogP contribution in [0, 0.1) is 41.5 Å². The molecule has 0 unspecified atom stereocenters. The lowest BCUT2D eigenvalue weighted by molar-refractivity contribution is -0.116. The number of ether oxygens (including phenoxy) is 3. The van der Waals surface area contributed by atoms with Crippen LogP contribution in [0.15, 0.2) is 136 Å². The van der Waals surface area contributed by atoms with Crippen LogP contribution in [0.4, 0.5) is 34.3 Å². The van der Waals surface area contributed by atoms with Crippen LogP contribution in [-0.4, -0.2) is 49.7 Å². The molecule has 8 aromatic rings. The Kier molecular flexibility index (Phi) is 15.7. The van der Waals surface area contributed by atoms with Crippen LogP contribution < -0.4 is 40.0 Å². The number of rotatable bonds is 9. The van der Waals surface area contributed by atoms with Gasteiger partial charge in [-0.3, -0.25) is 24.2 Å². The largest absolute Gasteiger partial charge is 0.496 e. The highest BCUT2D eigenvalue weighted by atomic mass is 16.5. The predicted molar refractivity (Wildman–Crippen MR) is 277 cm³/mol. The fraction of sp³-hybridized carbons (Fsp3) is 0.232. The number of amides is 2. The molecule has 5 aromatic carbocycles. The van der Waals surface area contributed by atoms with Gasteiger partial charge in [-0.2, -0.15) is 0 Å². The van der Waals surface area contributed by atoms with Crippen LogP contribution in [0.2, 0.25) is 0 Å². The number of anilines is 6. The number of fused-ring (bicyclic) bond motifs is 2. The van der Waals surface area contributed by atoms with E-state index in [1.54, 1.807) is 70.1 Å². The van der Waals surface area contributed by atoms with Crippen molar-refractivity contribution in [3.05, 3.63) is 176 Å². The number of hydrogen-bond donors (Lipinski definition) is 0. The number of benzene rings is 5. The number of hydrogen-bond acceptors (Lipinski definition) is 10. The summed E-state index contributed by atoms with van der Waals surface area (Å²) in [6.45, 7) is 14.8. The number of aromatic nitrogens is 2. The topological polar surface area (TPSA) is 137 Å². The minimum Gasteiger partial charge on any atom is -0.496 e. The summed E-state index contributed by atoms with van der Waals surface area (Å²) in [5.41, 5.74) is 9.66. The summed E-state index contributed by atoms with van der Waals surface area (Å²) >= 11 is 0. The van der Waals surface area contributed by atoms with E-state index in [4.69, 9.17) is 18.6 Å². The van der Waals surface area contributed by atoms with Crippen molar-refractivity contribution in [2.24, 2.45) is 7.05 Å². The van der Waals surface area contributed by atoms with Gasteiger partial charge in [-0.1, -0.05) is 36.4 Å². The molecule has 0 bridgehead atoms. The summed E-state index contributed by atoms with van der Waals surface area (Å²) < 4.78 is 23.5. The highest BCUT2D eigenvalue weighted by Crippen LogP contribution is 2.35. The lowest BCUT2D eigenvalue weighted by Crippen LogP contribution is -2.29. The van der Waals surface area contributed by atoms with Crippen molar-refractivity contribution in [2.75, 3.05) is 43.1 Å². The number of aryl methyl sites for hydroxylation is 4. The molecular weight excluding hydrogens is 871 g/mol. The van der Waals surface area contributed by atoms with Crippen molar-refractivity contribution >= 4 is 67.9 Å². The first kappa shape index (κ1) is 50.2. The molecule has 356 valence electrons. The molecular formula is C56H59N5O8.